The lowest BCUT2D eigenvalue weighted by atomic mass is 10.2. The summed E-state index contributed by atoms with van der Waals surface area (Å²) in [6.45, 7) is 2.06. The van der Waals surface area contributed by atoms with Crippen LogP contribution in [0.2, 0.25) is 0 Å². The Morgan fingerprint density at radius 2 is 1.77 bits per heavy atom. The second-order valence-electron chi connectivity index (χ2n) is 6.64. The van der Waals surface area contributed by atoms with E-state index in [1.54, 1.807) is 0 Å². The van der Waals surface area contributed by atoms with E-state index in [-0.39, 0.29) is 0 Å². The van der Waals surface area contributed by atoms with E-state index in [4.69, 9.17) is 0 Å². The van der Waals surface area contributed by atoms with E-state index in [0.29, 0.717) is 0 Å². The van der Waals surface area contributed by atoms with Crippen molar-refractivity contribution in [1.82, 2.24) is 4.98 Å². The van der Waals surface area contributed by atoms with Crippen LogP contribution in [0.5, 0.6) is 0 Å². The molecule has 3 rings (SSSR count). The van der Waals surface area contributed by atoms with Gasteiger partial charge in [-0.05, 0) is 24.3 Å². The molecule has 0 bridgehead atoms. The number of nitrogens with zero attached hydrogens (tertiary/aromatic N) is 3. The zero-order valence-electron chi connectivity index (χ0n) is 15.2. The normalized spacial score (nSPS) is 13.3. The number of hydrogen-bond acceptors (Lipinski definition) is 7. The Labute approximate surface area is 159 Å². The van der Waals surface area contributed by atoms with Gasteiger partial charge in [0, 0.05) is 11.1 Å². The van der Waals surface area contributed by atoms with Crippen molar-refractivity contribution in [3.8, 4) is 0 Å². The summed E-state index contributed by atoms with van der Waals surface area (Å²) in [7, 11) is 3.07. The van der Waals surface area contributed by atoms with Crippen molar-refractivity contribution in [1.29, 1.82) is 0 Å². The lowest BCUT2D eigenvalue weighted by Gasteiger charge is -2.34. The predicted molar refractivity (Wildman–Crippen MR) is 101 cm³/mol. The Kier molecular flexibility index (Phi) is 6.64. The minimum atomic E-state index is -4.41. The zero-order chi connectivity index (χ0) is 19.4. The number of anilines is 2. The summed E-state index contributed by atoms with van der Waals surface area (Å²) in [6, 6.07) is 12.8. The second kappa shape index (κ2) is 8.36. The number of aromatic nitrogens is 1. The minimum absolute atomic E-state index is 0.808. The van der Waals surface area contributed by atoms with E-state index in [9.17, 15) is 13.0 Å². The van der Waals surface area contributed by atoms with Gasteiger partial charge in [0.2, 0.25) is 10.4 Å². The molecule has 7 nitrogen and oxygen atoms in total. The van der Waals surface area contributed by atoms with Gasteiger partial charge in [-0.1, -0.05) is 23.9 Å². The lowest BCUT2D eigenvalue weighted by molar-refractivity contribution is -0.868. The van der Waals surface area contributed by atoms with Gasteiger partial charge < -0.3 is 13.9 Å². The van der Waals surface area contributed by atoms with Crippen LogP contribution in [0.1, 0.15) is 0 Å². The Bertz CT molecular complexity index is 806. The molecule has 0 radical (unpaired) electrons. The van der Waals surface area contributed by atoms with Crippen molar-refractivity contribution in [2.24, 2.45) is 0 Å². The van der Waals surface area contributed by atoms with Crippen LogP contribution in [0.25, 0.3) is 0 Å². The third-order valence-corrected chi connectivity index (χ3v) is 5.09. The molecule has 1 aromatic heterocycles. The highest BCUT2D eigenvalue weighted by Crippen LogP contribution is 2.46. The van der Waals surface area contributed by atoms with Crippen LogP contribution in [-0.2, 0) is 14.6 Å². The molecule has 26 heavy (non-hydrogen) atoms. The van der Waals surface area contributed by atoms with Crippen LogP contribution < -0.4 is 4.90 Å². The molecule has 0 saturated heterocycles. The third kappa shape index (κ3) is 5.96. The van der Waals surface area contributed by atoms with Gasteiger partial charge in [0.05, 0.1) is 51.9 Å². The molecule has 0 saturated carbocycles. The van der Waals surface area contributed by atoms with Crippen LogP contribution in [-0.4, -0.2) is 63.8 Å². The molecule has 1 aromatic carbocycles. The van der Waals surface area contributed by atoms with E-state index < -0.39 is 10.4 Å². The third-order valence-electron chi connectivity index (χ3n) is 3.58. The van der Waals surface area contributed by atoms with Crippen molar-refractivity contribution in [2.75, 3.05) is 46.2 Å². The highest BCUT2D eigenvalue weighted by atomic mass is 32.3. The molecule has 1 aliphatic heterocycles. The van der Waals surface area contributed by atoms with Gasteiger partial charge in [-0.3, -0.25) is 4.18 Å². The highest BCUT2D eigenvalue weighted by Gasteiger charge is 2.25. The van der Waals surface area contributed by atoms with Gasteiger partial charge >= 0.3 is 0 Å². The molecule has 0 fully saturated rings. The lowest BCUT2D eigenvalue weighted by Crippen LogP contribution is -2.41. The molecule has 1 aliphatic rings. The van der Waals surface area contributed by atoms with Crippen LogP contribution in [0, 0.1) is 0 Å². The van der Waals surface area contributed by atoms with Gasteiger partial charge in [-0.2, -0.15) is 0 Å². The van der Waals surface area contributed by atoms with Crippen LogP contribution in [0.4, 0.5) is 11.5 Å². The van der Waals surface area contributed by atoms with Crippen LogP contribution in [0.3, 0.4) is 0 Å². The summed E-state index contributed by atoms with van der Waals surface area (Å²) in [5.41, 5.74) is 1.28. The van der Waals surface area contributed by atoms with Gasteiger partial charge in [0.1, 0.15) is 5.82 Å². The smallest absolute Gasteiger partial charge is 0.217 e. The Balaban J connectivity index is 0.000000352. The SMILES string of the molecule is COS(=O)(=O)[O-].C[N+](C)(C)CCN1c2ccccc2Sc2cccnc21. The predicted octanol–water partition coefficient (Wildman–Crippen LogP) is 2.48. The van der Waals surface area contributed by atoms with Crippen molar-refractivity contribution >= 4 is 33.7 Å². The number of fused-ring (bicyclic) bond motifs is 2. The fraction of sp³-hybridized carbons (Fsp3) is 0.353. The van der Waals surface area contributed by atoms with Gasteiger partial charge in [-0.15, -0.1) is 0 Å². The highest BCUT2D eigenvalue weighted by molar-refractivity contribution is 7.99. The second-order valence-corrected chi connectivity index (χ2v) is 8.87. The Hall–Kier alpha value is -1.65. The Morgan fingerprint density at radius 3 is 2.38 bits per heavy atom. The summed E-state index contributed by atoms with van der Waals surface area (Å²) >= 11 is 1.81. The van der Waals surface area contributed by atoms with Crippen LogP contribution >= 0.6 is 11.8 Å². The molecular formula is C17H23N3O4S2. The quantitative estimate of drug-likeness (QED) is 0.445. The first kappa shape index (κ1) is 20.7. The molecule has 0 unspecified atom stereocenters. The summed E-state index contributed by atoms with van der Waals surface area (Å²) < 4.78 is 32.0. The van der Waals surface area contributed by atoms with Crippen LogP contribution in [0.15, 0.2) is 52.4 Å². The fourth-order valence-corrected chi connectivity index (χ4v) is 3.36. The molecular weight excluding hydrogens is 374 g/mol. The summed E-state index contributed by atoms with van der Waals surface area (Å²) in [5, 5.41) is 0. The molecule has 0 amide bonds. The van der Waals surface area contributed by atoms with E-state index >= 15 is 0 Å². The van der Waals surface area contributed by atoms with Crippen molar-refractivity contribution in [3.05, 3.63) is 42.6 Å². The average Bonchev–Trinajstić information content (AvgIpc) is 2.57. The van der Waals surface area contributed by atoms with E-state index in [2.05, 4.69) is 65.5 Å². The number of para-hydroxylation sites is 1. The number of hydrogen-bond donors (Lipinski definition) is 0. The van der Waals surface area contributed by atoms with Crippen molar-refractivity contribution in [2.45, 2.75) is 9.79 Å². The minimum Gasteiger partial charge on any atom is -0.726 e. The molecule has 0 spiro atoms. The molecule has 0 N–H and O–H groups in total. The first-order valence-electron chi connectivity index (χ1n) is 7.92. The first-order valence-corrected chi connectivity index (χ1v) is 10.1. The number of rotatable bonds is 4. The largest absolute Gasteiger partial charge is 0.726 e. The molecule has 142 valence electrons. The maximum absolute atomic E-state index is 9.22. The topological polar surface area (TPSA) is 82.6 Å². The number of benzene rings is 1. The summed E-state index contributed by atoms with van der Waals surface area (Å²) in [4.78, 5) is 9.51. The summed E-state index contributed by atoms with van der Waals surface area (Å²) in [6.07, 6.45) is 1.88. The molecule has 2 heterocycles. The molecule has 9 heteroatoms. The number of pyridine rings is 1. The average molecular weight is 398 g/mol. The molecule has 0 atom stereocenters. The fourth-order valence-electron chi connectivity index (χ4n) is 2.29. The van der Waals surface area contributed by atoms with Crippen molar-refractivity contribution < 1.29 is 21.6 Å². The molecule has 2 aromatic rings. The summed E-state index contributed by atoms with van der Waals surface area (Å²) in [5.74, 6) is 1.09. The van der Waals surface area contributed by atoms with E-state index in [1.165, 1.54) is 15.5 Å². The van der Waals surface area contributed by atoms with Gasteiger partial charge in [0.25, 0.3) is 0 Å². The zero-order valence-corrected chi connectivity index (χ0v) is 16.9. The van der Waals surface area contributed by atoms with E-state index in [0.717, 1.165) is 30.5 Å². The van der Waals surface area contributed by atoms with Gasteiger partial charge in [-0.25, -0.2) is 13.4 Å². The monoisotopic (exact) mass is 397 g/mol. The number of quaternary nitrogens is 1. The standard InChI is InChI=1S/C16H20N3S.CH4O4S/c1-19(2,3)12-11-18-13-7-4-5-8-14(13)20-15-9-6-10-17-16(15)18;1-5-6(2,3)4/h4-10H,11-12H2,1-3H3;1H3,(H,2,3,4)/q+1;/p-1. The first-order chi connectivity index (χ1) is 12.1. The maximum atomic E-state index is 9.22. The number of likely N-dealkylation sites (N-methyl/N-ethyl adjacent to an activating group) is 1. The van der Waals surface area contributed by atoms with E-state index in [1.807, 2.05) is 24.0 Å². The van der Waals surface area contributed by atoms with Gasteiger partial charge in [0.15, 0.2) is 0 Å². The maximum Gasteiger partial charge on any atom is 0.217 e. The molecule has 0 aliphatic carbocycles. The Morgan fingerprint density at radius 1 is 1.15 bits per heavy atom. The van der Waals surface area contributed by atoms with Crippen molar-refractivity contribution in [3.63, 3.8) is 0 Å².